The quantitative estimate of drug-likeness (QED) is 0.696. The molecule has 1 aliphatic heterocycles. The van der Waals surface area contributed by atoms with Crippen molar-refractivity contribution in [3.05, 3.63) is 59.2 Å². The van der Waals surface area contributed by atoms with Crippen LogP contribution in [0.25, 0.3) is 0 Å². The van der Waals surface area contributed by atoms with Crippen LogP contribution in [0, 0.1) is 20.8 Å². The van der Waals surface area contributed by atoms with E-state index in [1.54, 1.807) is 0 Å². The van der Waals surface area contributed by atoms with E-state index in [4.69, 9.17) is 15.7 Å². The molecule has 162 valence electrons. The maximum Gasteiger partial charge on any atom is 0.227 e. The number of hydrogen-bond donors (Lipinski definition) is 1. The fourth-order valence-electron chi connectivity index (χ4n) is 4.71. The number of amidine groups is 2. The average molecular weight is 435 g/mol. The molecule has 5 nitrogen and oxygen atoms in total. The van der Waals surface area contributed by atoms with Crippen LogP contribution < -0.4 is 10.6 Å². The zero-order valence-electron chi connectivity index (χ0n) is 18.5. The lowest BCUT2D eigenvalue weighted by Gasteiger charge is -2.43. The summed E-state index contributed by atoms with van der Waals surface area (Å²) in [5.74, 6) is 0.726. The van der Waals surface area contributed by atoms with Gasteiger partial charge in [0.25, 0.3) is 0 Å². The highest BCUT2D eigenvalue weighted by atomic mass is 32.2. The number of hydrogen-bond acceptors (Lipinski definition) is 4. The fourth-order valence-corrected chi connectivity index (χ4v) is 5.53. The molecular weight excluding hydrogens is 404 g/mol. The van der Waals surface area contributed by atoms with E-state index in [9.17, 15) is 4.79 Å². The molecule has 1 saturated carbocycles. The molecule has 1 fully saturated rings. The van der Waals surface area contributed by atoms with Crippen LogP contribution in [0.3, 0.4) is 0 Å². The number of aryl methyl sites for hydroxylation is 3. The van der Waals surface area contributed by atoms with Crippen molar-refractivity contribution < 1.29 is 4.79 Å². The zero-order valence-corrected chi connectivity index (χ0v) is 19.3. The summed E-state index contributed by atoms with van der Waals surface area (Å²) in [4.78, 5) is 24.2. The molecule has 0 bridgehead atoms. The van der Waals surface area contributed by atoms with Crippen LogP contribution in [0.15, 0.2) is 52.4 Å². The number of aliphatic imine (C=N–C) groups is 2. The first-order valence-corrected chi connectivity index (χ1v) is 11.9. The number of thioether (sulfide) groups is 1. The Morgan fingerprint density at radius 1 is 1.03 bits per heavy atom. The van der Waals surface area contributed by atoms with Gasteiger partial charge in [0.1, 0.15) is 5.54 Å². The molecule has 1 heterocycles. The largest absolute Gasteiger partial charge is 0.369 e. The second-order valence-corrected chi connectivity index (χ2v) is 9.48. The number of primary amides is 1. The van der Waals surface area contributed by atoms with Gasteiger partial charge < -0.3 is 10.6 Å². The Bertz CT molecular complexity index is 1030. The summed E-state index contributed by atoms with van der Waals surface area (Å²) in [6.07, 6.45) is 5.49. The summed E-state index contributed by atoms with van der Waals surface area (Å²) in [6.45, 7) is 6.32. The van der Waals surface area contributed by atoms with Crippen LogP contribution in [0.1, 0.15) is 48.8 Å². The molecule has 0 aromatic heterocycles. The highest BCUT2D eigenvalue weighted by Crippen LogP contribution is 2.45. The SMILES string of the molecule is Cc1ccccc1N1C(SCC(N)=O)=NC(=Nc2c(C)cccc2C)C12CCCCC2. The Hall–Kier alpha value is -2.60. The number of nitrogens with zero attached hydrogens (tertiary/aromatic N) is 3. The van der Waals surface area contributed by atoms with Crippen molar-refractivity contribution in [1.82, 2.24) is 0 Å². The van der Waals surface area contributed by atoms with Gasteiger partial charge in [-0.25, -0.2) is 9.98 Å². The molecule has 0 saturated heterocycles. The number of carbonyl (C=O) groups is 1. The molecular formula is C25H30N4OS. The van der Waals surface area contributed by atoms with E-state index >= 15 is 0 Å². The first kappa shape index (κ1) is 21.6. The molecule has 31 heavy (non-hydrogen) atoms. The summed E-state index contributed by atoms with van der Waals surface area (Å²) in [5, 5.41) is 0.819. The minimum Gasteiger partial charge on any atom is -0.369 e. The van der Waals surface area contributed by atoms with Gasteiger partial charge in [-0.15, -0.1) is 0 Å². The Balaban J connectivity index is 1.90. The van der Waals surface area contributed by atoms with Gasteiger partial charge in [-0.2, -0.15) is 0 Å². The van der Waals surface area contributed by atoms with Crippen molar-refractivity contribution in [2.24, 2.45) is 15.7 Å². The van der Waals surface area contributed by atoms with Gasteiger partial charge >= 0.3 is 0 Å². The smallest absolute Gasteiger partial charge is 0.227 e. The van der Waals surface area contributed by atoms with Gasteiger partial charge in [0.05, 0.1) is 11.4 Å². The maximum atomic E-state index is 11.6. The summed E-state index contributed by atoms with van der Waals surface area (Å²) >= 11 is 1.41. The molecule has 2 N–H and O–H groups in total. The third-order valence-corrected chi connectivity index (χ3v) is 7.24. The fraction of sp³-hybridized carbons (Fsp3) is 0.400. The summed E-state index contributed by atoms with van der Waals surface area (Å²) < 4.78 is 0. The highest BCUT2D eigenvalue weighted by molar-refractivity contribution is 8.14. The van der Waals surface area contributed by atoms with E-state index in [1.165, 1.54) is 23.7 Å². The second kappa shape index (κ2) is 8.87. The van der Waals surface area contributed by atoms with E-state index < -0.39 is 0 Å². The lowest BCUT2D eigenvalue weighted by atomic mass is 9.79. The van der Waals surface area contributed by atoms with Crippen molar-refractivity contribution in [3.63, 3.8) is 0 Å². The van der Waals surface area contributed by atoms with E-state index in [2.05, 4.69) is 68.1 Å². The van der Waals surface area contributed by atoms with Crippen LogP contribution in [-0.4, -0.2) is 28.2 Å². The van der Waals surface area contributed by atoms with Gasteiger partial charge in [0.15, 0.2) is 11.0 Å². The lowest BCUT2D eigenvalue weighted by Crippen LogP contribution is -2.53. The molecule has 1 aliphatic carbocycles. The average Bonchev–Trinajstić information content (AvgIpc) is 3.02. The molecule has 0 atom stereocenters. The minimum absolute atomic E-state index is 0.202. The Labute approximate surface area is 188 Å². The third kappa shape index (κ3) is 4.13. The van der Waals surface area contributed by atoms with Crippen LogP contribution in [-0.2, 0) is 4.79 Å². The molecule has 1 amide bonds. The van der Waals surface area contributed by atoms with E-state index in [1.807, 2.05) is 0 Å². The minimum atomic E-state index is -0.338. The molecule has 0 unspecified atom stereocenters. The van der Waals surface area contributed by atoms with Gasteiger partial charge in [0, 0.05) is 5.69 Å². The lowest BCUT2D eigenvalue weighted by molar-refractivity contribution is -0.115. The van der Waals surface area contributed by atoms with E-state index in [0.717, 1.165) is 59.2 Å². The monoisotopic (exact) mass is 434 g/mol. The Morgan fingerprint density at radius 3 is 2.32 bits per heavy atom. The third-order valence-electron chi connectivity index (χ3n) is 6.27. The first-order valence-electron chi connectivity index (χ1n) is 10.9. The van der Waals surface area contributed by atoms with Crippen molar-refractivity contribution in [3.8, 4) is 0 Å². The standard InChI is InChI=1S/C25H30N4OS/c1-17-10-5-6-13-20(17)29-24(31-16-21(26)30)28-23(25(29)14-7-4-8-15-25)27-22-18(2)11-9-12-19(22)3/h5-6,9-13H,4,7-8,14-16H2,1-3H3,(H2,26,30). The molecule has 2 aromatic rings. The van der Waals surface area contributed by atoms with E-state index in [0.29, 0.717) is 0 Å². The number of para-hydroxylation sites is 2. The number of rotatable bonds is 4. The van der Waals surface area contributed by atoms with Crippen molar-refractivity contribution >= 4 is 40.0 Å². The van der Waals surface area contributed by atoms with Crippen molar-refractivity contribution in [2.45, 2.75) is 58.4 Å². The highest BCUT2D eigenvalue weighted by Gasteiger charge is 2.50. The van der Waals surface area contributed by atoms with Gasteiger partial charge in [0.2, 0.25) is 5.91 Å². The summed E-state index contributed by atoms with van der Waals surface area (Å²) in [7, 11) is 0. The predicted molar refractivity (Wildman–Crippen MR) is 132 cm³/mol. The van der Waals surface area contributed by atoms with E-state index in [-0.39, 0.29) is 17.2 Å². The van der Waals surface area contributed by atoms with Crippen LogP contribution in [0.2, 0.25) is 0 Å². The van der Waals surface area contributed by atoms with Crippen molar-refractivity contribution in [2.75, 3.05) is 10.7 Å². The molecule has 2 aromatic carbocycles. The Morgan fingerprint density at radius 2 is 1.68 bits per heavy atom. The number of carbonyl (C=O) groups excluding carboxylic acids is 1. The molecule has 4 rings (SSSR count). The predicted octanol–water partition coefficient (Wildman–Crippen LogP) is 5.44. The summed E-state index contributed by atoms with van der Waals surface area (Å²) in [6, 6.07) is 14.7. The zero-order chi connectivity index (χ0) is 22.0. The normalized spacial score (nSPS) is 19.1. The molecule has 2 aliphatic rings. The van der Waals surface area contributed by atoms with Crippen LogP contribution in [0.4, 0.5) is 11.4 Å². The molecule has 1 spiro atoms. The van der Waals surface area contributed by atoms with Gasteiger partial charge in [-0.3, -0.25) is 4.79 Å². The summed E-state index contributed by atoms with van der Waals surface area (Å²) in [5.41, 5.74) is 10.8. The number of amides is 1. The van der Waals surface area contributed by atoms with Gasteiger partial charge in [-0.05, 0) is 56.4 Å². The van der Waals surface area contributed by atoms with Crippen LogP contribution >= 0.6 is 11.8 Å². The molecule has 6 heteroatoms. The maximum absolute atomic E-state index is 11.6. The number of anilines is 1. The second-order valence-electron chi connectivity index (χ2n) is 8.54. The first-order chi connectivity index (χ1) is 14.9. The van der Waals surface area contributed by atoms with Crippen molar-refractivity contribution in [1.29, 1.82) is 0 Å². The van der Waals surface area contributed by atoms with Gasteiger partial charge in [-0.1, -0.05) is 67.4 Å². The topological polar surface area (TPSA) is 71.0 Å². The Kier molecular flexibility index (Phi) is 6.19. The number of benzene rings is 2. The molecule has 0 radical (unpaired) electrons. The number of nitrogens with two attached hydrogens (primary N) is 1. The van der Waals surface area contributed by atoms with Crippen LogP contribution in [0.5, 0.6) is 0 Å².